The number of amides is 1. The molecule has 0 spiro atoms. The highest BCUT2D eigenvalue weighted by Crippen LogP contribution is 2.34. The average Bonchev–Trinajstić information content (AvgIpc) is 3.05. The molecule has 31 heavy (non-hydrogen) atoms. The van der Waals surface area contributed by atoms with Crippen molar-refractivity contribution >= 4 is 35.0 Å². The lowest BCUT2D eigenvalue weighted by Gasteiger charge is -2.12. The normalized spacial score (nSPS) is 15.1. The number of hydrogen-bond donors (Lipinski definition) is 0. The van der Waals surface area contributed by atoms with Crippen LogP contribution in [0, 0.1) is 12.3 Å². The van der Waals surface area contributed by atoms with E-state index in [1.54, 1.807) is 6.92 Å². The van der Waals surface area contributed by atoms with Crippen molar-refractivity contribution in [2.75, 3.05) is 18.2 Å². The zero-order valence-electron chi connectivity index (χ0n) is 16.2. The Morgan fingerprint density at radius 2 is 1.87 bits per heavy atom. The summed E-state index contributed by atoms with van der Waals surface area (Å²) in [5, 5.41) is 4.59. The molecule has 0 radical (unpaired) electrons. The van der Waals surface area contributed by atoms with Crippen LogP contribution in [0.15, 0.2) is 53.1 Å². The van der Waals surface area contributed by atoms with E-state index in [-0.39, 0.29) is 18.0 Å². The minimum absolute atomic E-state index is 0.0000715. The summed E-state index contributed by atoms with van der Waals surface area (Å²) in [6, 6.07) is 10.2. The first-order valence-corrected chi connectivity index (χ1v) is 9.43. The highest BCUT2D eigenvalue weighted by atomic mass is 35.5. The number of anilines is 1. The molecular formula is C22H16ClF3N2O3. The van der Waals surface area contributed by atoms with Gasteiger partial charge in [-0.05, 0) is 55.0 Å². The van der Waals surface area contributed by atoms with Gasteiger partial charge in [0.25, 0.3) is 5.91 Å². The number of hydrazone groups is 1. The molecule has 0 fully saturated rings. The summed E-state index contributed by atoms with van der Waals surface area (Å²) < 4.78 is 51.7. The third kappa shape index (κ3) is 5.01. The second-order valence-corrected chi connectivity index (χ2v) is 6.67. The minimum Gasteiger partial charge on any atom is -0.490 e. The predicted molar refractivity (Wildman–Crippen MR) is 112 cm³/mol. The Balaban J connectivity index is 2.02. The largest absolute Gasteiger partial charge is 0.490 e. The maximum atomic E-state index is 13.6. The van der Waals surface area contributed by atoms with Gasteiger partial charge in [-0.2, -0.15) is 23.3 Å². The molecule has 0 saturated heterocycles. The Labute approximate surface area is 181 Å². The van der Waals surface area contributed by atoms with E-state index in [1.165, 1.54) is 42.5 Å². The first kappa shape index (κ1) is 22.2. The van der Waals surface area contributed by atoms with E-state index < -0.39 is 23.4 Å². The van der Waals surface area contributed by atoms with Crippen LogP contribution in [0.2, 0.25) is 5.02 Å². The quantitative estimate of drug-likeness (QED) is 0.456. The second-order valence-electron chi connectivity index (χ2n) is 6.23. The molecule has 9 heteroatoms. The van der Waals surface area contributed by atoms with Crippen molar-refractivity contribution in [3.63, 3.8) is 0 Å². The van der Waals surface area contributed by atoms with Crippen molar-refractivity contribution in [1.82, 2.24) is 0 Å². The van der Waals surface area contributed by atoms with Crippen LogP contribution >= 0.6 is 11.6 Å². The highest BCUT2D eigenvalue weighted by molar-refractivity contribution is 6.34. The average molecular weight is 449 g/mol. The van der Waals surface area contributed by atoms with E-state index in [0.29, 0.717) is 28.0 Å². The monoisotopic (exact) mass is 448 g/mol. The number of halogens is 4. The molecule has 2 aromatic rings. The van der Waals surface area contributed by atoms with Crippen molar-refractivity contribution < 1.29 is 27.4 Å². The van der Waals surface area contributed by atoms with Gasteiger partial charge in [0.05, 0.1) is 17.9 Å². The van der Waals surface area contributed by atoms with Crippen LogP contribution in [-0.2, 0) is 4.79 Å². The molecule has 1 heterocycles. The molecule has 1 aliphatic rings. The predicted octanol–water partition coefficient (Wildman–Crippen LogP) is 5.10. The lowest BCUT2D eigenvalue weighted by Crippen LogP contribution is -2.25. The molecule has 0 N–H and O–H groups in total. The number of carbonyl (C=O) groups excluding carboxylic acids is 1. The number of nitrogens with zero attached hydrogens (tertiary/aromatic N) is 2. The summed E-state index contributed by atoms with van der Waals surface area (Å²) in [6.45, 7) is 2.04. The summed E-state index contributed by atoms with van der Waals surface area (Å²) in [6.07, 6.45) is 1.46. The number of terminal acetylenes is 1. The van der Waals surface area contributed by atoms with Gasteiger partial charge in [0, 0.05) is 5.02 Å². The van der Waals surface area contributed by atoms with Crippen molar-refractivity contribution in [3.8, 4) is 23.8 Å². The van der Waals surface area contributed by atoms with Crippen LogP contribution in [0.4, 0.5) is 18.9 Å². The van der Waals surface area contributed by atoms with Gasteiger partial charge >= 0.3 is 6.18 Å². The first-order chi connectivity index (χ1) is 14.7. The van der Waals surface area contributed by atoms with Crippen LogP contribution in [0.25, 0.3) is 6.08 Å². The topological polar surface area (TPSA) is 51.1 Å². The molecule has 0 saturated carbocycles. The summed E-state index contributed by atoms with van der Waals surface area (Å²) >= 11 is 5.81. The van der Waals surface area contributed by atoms with Gasteiger partial charge in [-0.3, -0.25) is 4.79 Å². The fourth-order valence-electron chi connectivity index (χ4n) is 2.80. The SMILES string of the molecule is C#CCOc1ccc(/C=C2/C(=O)N(c3ccc(Cl)cc3)N=C2C(F)(F)F)cc1OCC. The third-order valence-electron chi connectivity index (χ3n) is 4.11. The fraction of sp³-hybridized carbons (Fsp3) is 0.182. The van der Waals surface area contributed by atoms with Gasteiger partial charge in [0.2, 0.25) is 0 Å². The molecule has 0 unspecified atom stereocenters. The summed E-state index contributed by atoms with van der Waals surface area (Å²) in [5.41, 5.74) is -1.43. The van der Waals surface area contributed by atoms with E-state index in [1.807, 2.05) is 0 Å². The van der Waals surface area contributed by atoms with Crippen LogP contribution < -0.4 is 14.5 Å². The van der Waals surface area contributed by atoms with Crippen molar-refractivity contribution in [2.45, 2.75) is 13.1 Å². The molecule has 2 aromatic carbocycles. The Morgan fingerprint density at radius 3 is 2.48 bits per heavy atom. The van der Waals surface area contributed by atoms with Gasteiger partial charge in [-0.25, -0.2) is 0 Å². The number of carbonyl (C=O) groups is 1. The number of ether oxygens (including phenoxy) is 2. The van der Waals surface area contributed by atoms with Crippen molar-refractivity contribution in [3.05, 3.63) is 58.6 Å². The van der Waals surface area contributed by atoms with Gasteiger partial charge in [0.1, 0.15) is 6.61 Å². The maximum Gasteiger partial charge on any atom is 0.435 e. The standard InChI is InChI=1S/C22H16ClF3N2O3/c1-3-11-31-18-10-5-14(13-19(18)30-4-2)12-17-20(22(24,25)26)27-28(21(17)29)16-8-6-15(23)7-9-16/h1,5-10,12-13H,4,11H2,2H3/b17-12+. The van der Waals surface area contributed by atoms with E-state index in [4.69, 9.17) is 27.5 Å². The Kier molecular flexibility index (Phi) is 6.56. The number of benzene rings is 2. The zero-order valence-corrected chi connectivity index (χ0v) is 17.0. The third-order valence-corrected chi connectivity index (χ3v) is 4.36. The molecular weight excluding hydrogens is 433 g/mol. The van der Waals surface area contributed by atoms with Crippen LogP contribution in [-0.4, -0.2) is 31.0 Å². The number of hydrogen-bond acceptors (Lipinski definition) is 4. The first-order valence-electron chi connectivity index (χ1n) is 9.05. The Hall–Kier alpha value is -3.44. The molecule has 1 amide bonds. The maximum absolute atomic E-state index is 13.6. The molecule has 3 rings (SSSR count). The molecule has 0 aliphatic carbocycles. The number of alkyl halides is 3. The lowest BCUT2D eigenvalue weighted by atomic mass is 10.1. The van der Waals surface area contributed by atoms with Gasteiger partial charge in [0.15, 0.2) is 17.2 Å². The lowest BCUT2D eigenvalue weighted by molar-refractivity contribution is -0.114. The van der Waals surface area contributed by atoms with Crippen LogP contribution in [0.3, 0.4) is 0 Å². The van der Waals surface area contributed by atoms with Crippen molar-refractivity contribution in [1.29, 1.82) is 0 Å². The fourth-order valence-corrected chi connectivity index (χ4v) is 2.93. The molecule has 5 nitrogen and oxygen atoms in total. The Bertz CT molecular complexity index is 1090. The second kappa shape index (κ2) is 9.14. The van der Waals surface area contributed by atoms with Crippen LogP contribution in [0.1, 0.15) is 12.5 Å². The molecule has 0 atom stereocenters. The van der Waals surface area contributed by atoms with E-state index in [2.05, 4.69) is 11.0 Å². The van der Waals surface area contributed by atoms with E-state index in [9.17, 15) is 18.0 Å². The highest BCUT2D eigenvalue weighted by Gasteiger charge is 2.46. The molecule has 0 aromatic heterocycles. The Morgan fingerprint density at radius 1 is 1.16 bits per heavy atom. The summed E-state index contributed by atoms with van der Waals surface area (Å²) in [7, 11) is 0. The molecule has 0 bridgehead atoms. The molecule has 160 valence electrons. The van der Waals surface area contributed by atoms with Gasteiger partial charge in [-0.1, -0.05) is 23.6 Å². The summed E-state index contributed by atoms with van der Waals surface area (Å²) in [4.78, 5) is 12.8. The minimum atomic E-state index is -4.83. The van der Waals surface area contributed by atoms with E-state index in [0.717, 1.165) is 6.08 Å². The van der Waals surface area contributed by atoms with Crippen LogP contribution in [0.5, 0.6) is 11.5 Å². The zero-order chi connectivity index (χ0) is 22.6. The summed E-state index contributed by atoms with van der Waals surface area (Å²) in [5.74, 6) is 2.04. The number of rotatable bonds is 6. The van der Waals surface area contributed by atoms with Gasteiger partial charge < -0.3 is 9.47 Å². The smallest absolute Gasteiger partial charge is 0.435 e. The van der Waals surface area contributed by atoms with Crippen molar-refractivity contribution in [2.24, 2.45) is 5.10 Å². The molecule has 1 aliphatic heterocycles. The van der Waals surface area contributed by atoms with Gasteiger partial charge in [-0.15, -0.1) is 6.42 Å². The van der Waals surface area contributed by atoms with E-state index >= 15 is 0 Å².